The van der Waals surface area contributed by atoms with Crippen molar-refractivity contribution in [3.63, 3.8) is 0 Å². The van der Waals surface area contributed by atoms with E-state index in [-0.39, 0.29) is 5.91 Å². The molecule has 0 bridgehead atoms. The van der Waals surface area contributed by atoms with E-state index in [1.54, 1.807) is 25.1 Å². The molecule has 3 N–H and O–H groups in total. The zero-order valence-electron chi connectivity index (χ0n) is 11.2. The molecule has 0 aliphatic heterocycles. The lowest BCUT2D eigenvalue weighted by atomic mass is 10.1. The Balaban J connectivity index is 2.23. The lowest BCUT2D eigenvalue weighted by Crippen LogP contribution is -2.12. The van der Waals surface area contributed by atoms with Crippen molar-refractivity contribution in [2.75, 3.05) is 18.2 Å². The van der Waals surface area contributed by atoms with Crippen LogP contribution in [0.25, 0.3) is 0 Å². The third kappa shape index (κ3) is 3.06. The van der Waals surface area contributed by atoms with E-state index in [1.807, 2.05) is 0 Å². The maximum absolute atomic E-state index is 13.3. The molecule has 0 aromatic heterocycles. The minimum Gasteiger partial charge on any atom is -0.495 e. The molecular formula is C15H15FN2O2. The molecule has 0 atom stereocenters. The van der Waals surface area contributed by atoms with Gasteiger partial charge in [-0.3, -0.25) is 4.79 Å². The molecule has 2 aromatic carbocycles. The number of benzene rings is 2. The largest absolute Gasteiger partial charge is 0.495 e. The Morgan fingerprint density at radius 2 is 2.00 bits per heavy atom. The van der Waals surface area contributed by atoms with Crippen molar-refractivity contribution in [1.29, 1.82) is 0 Å². The first kappa shape index (κ1) is 13.9. The fourth-order valence-corrected chi connectivity index (χ4v) is 1.86. The predicted octanol–water partition coefficient (Wildman–Crippen LogP) is 2.98. The van der Waals surface area contributed by atoms with Crippen molar-refractivity contribution in [2.45, 2.75) is 6.92 Å². The van der Waals surface area contributed by atoms with Gasteiger partial charge in [-0.25, -0.2) is 4.39 Å². The summed E-state index contributed by atoms with van der Waals surface area (Å²) in [4.78, 5) is 12.1. The highest BCUT2D eigenvalue weighted by Crippen LogP contribution is 2.23. The molecule has 0 aliphatic carbocycles. The molecule has 0 spiro atoms. The third-order valence-electron chi connectivity index (χ3n) is 2.80. The Kier molecular flexibility index (Phi) is 3.89. The van der Waals surface area contributed by atoms with Gasteiger partial charge in [0.05, 0.1) is 12.8 Å². The van der Waals surface area contributed by atoms with E-state index in [0.717, 1.165) is 5.56 Å². The summed E-state index contributed by atoms with van der Waals surface area (Å²) < 4.78 is 18.3. The Bertz CT molecular complexity index is 636. The number of amides is 1. The van der Waals surface area contributed by atoms with Crippen molar-refractivity contribution >= 4 is 17.3 Å². The molecule has 0 unspecified atom stereocenters. The average Bonchev–Trinajstić information content (AvgIpc) is 2.37. The van der Waals surface area contributed by atoms with Crippen LogP contribution in [0.3, 0.4) is 0 Å². The van der Waals surface area contributed by atoms with Crippen LogP contribution in [-0.4, -0.2) is 13.0 Å². The number of nitrogens with two attached hydrogens (primary N) is 1. The summed E-state index contributed by atoms with van der Waals surface area (Å²) in [6.07, 6.45) is 0. The maximum atomic E-state index is 13.3. The molecule has 5 heteroatoms. The zero-order valence-corrected chi connectivity index (χ0v) is 11.2. The Morgan fingerprint density at radius 1 is 1.25 bits per heavy atom. The van der Waals surface area contributed by atoms with Crippen LogP contribution in [0.4, 0.5) is 15.8 Å². The molecule has 2 rings (SSSR count). The van der Waals surface area contributed by atoms with Gasteiger partial charge in [-0.05, 0) is 48.9 Å². The van der Waals surface area contributed by atoms with E-state index in [0.29, 0.717) is 22.7 Å². The number of carbonyl (C=O) groups is 1. The molecule has 0 heterocycles. The lowest BCUT2D eigenvalue weighted by Gasteiger charge is -2.09. The number of nitrogen functional groups attached to an aromatic ring is 1. The monoisotopic (exact) mass is 274 g/mol. The minimum absolute atomic E-state index is 0.353. The molecule has 0 radical (unpaired) electrons. The molecule has 0 fully saturated rings. The van der Waals surface area contributed by atoms with Gasteiger partial charge in [-0.15, -0.1) is 0 Å². The maximum Gasteiger partial charge on any atom is 0.255 e. The SMILES string of the molecule is COc1cc(C(=O)Nc2cc(C)cc(F)c2)ccc1N. The van der Waals surface area contributed by atoms with Gasteiger partial charge in [0.25, 0.3) is 5.91 Å². The third-order valence-corrected chi connectivity index (χ3v) is 2.80. The number of halogens is 1. The number of anilines is 2. The molecular weight excluding hydrogens is 259 g/mol. The van der Waals surface area contributed by atoms with Crippen LogP contribution in [0.1, 0.15) is 15.9 Å². The first-order chi connectivity index (χ1) is 9.49. The molecule has 1 amide bonds. The zero-order chi connectivity index (χ0) is 14.7. The second-order valence-electron chi connectivity index (χ2n) is 4.43. The smallest absolute Gasteiger partial charge is 0.255 e. The van der Waals surface area contributed by atoms with Gasteiger partial charge in [-0.2, -0.15) is 0 Å². The molecule has 0 aliphatic rings. The van der Waals surface area contributed by atoms with Crippen LogP contribution in [-0.2, 0) is 0 Å². The highest BCUT2D eigenvalue weighted by molar-refractivity contribution is 6.04. The first-order valence-corrected chi connectivity index (χ1v) is 6.01. The van der Waals surface area contributed by atoms with Crippen LogP contribution >= 0.6 is 0 Å². The van der Waals surface area contributed by atoms with E-state index < -0.39 is 5.82 Å². The Labute approximate surface area is 116 Å². The second kappa shape index (κ2) is 5.61. The molecule has 2 aromatic rings. The van der Waals surface area contributed by atoms with Crippen molar-refractivity contribution < 1.29 is 13.9 Å². The van der Waals surface area contributed by atoms with Gasteiger partial charge >= 0.3 is 0 Å². The molecule has 20 heavy (non-hydrogen) atoms. The summed E-state index contributed by atoms with van der Waals surface area (Å²) in [5.74, 6) is -0.323. The van der Waals surface area contributed by atoms with Crippen LogP contribution in [0.15, 0.2) is 36.4 Å². The van der Waals surface area contributed by atoms with Crippen molar-refractivity contribution in [3.05, 3.63) is 53.3 Å². The van der Waals surface area contributed by atoms with Crippen LogP contribution in [0.5, 0.6) is 5.75 Å². The van der Waals surface area contributed by atoms with E-state index in [4.69, 9.17) is 10.5 Å². The van der Waals surface area contributed by atoms with Gasteiger partial charge in [-0.1, -0.05) is 0 Å². The second-order valence-corrected chi connectivity index (χ2v) is 4.43. The normalized spacial score (nSPS) is 10.2. The van der Waals surface area contributed by atoms with Gasteiger partial charge in [0, 0.05) is 11.3 Å². The quantitative estimate of drug-likeness (QED) is 0.846. The first-order valence-electron chi connectivity index (χ1n) is 6.01. The average molecular weight is 274 g/mol. The van der Waals surface area contributed by atoms with Crippen molar-refractivity contribution in [1.82, 2.24) is 0 Å². The number of methoxy groups -OCH3 is 1. The van der Waals surface area contributed by atoms with Gasteiger partial charge in [0.2, 0.25) is 0 Å². The predicted molar refractivity (Wildman–Crippen MR) is 76.5 cm³/mol. The van der Waals surface area contributed by atoms with E-state index in [9.17, 15) is 9.18 Å². The standard InChI is InChI=1S/C15H15FN2O2/c1-9-5-11(16)8-12(6-9)18-15(19)10-3-4-13(17)14(7-10)20-2/h3-8H,17H2,1-2H3,(H,18,19). The summed E-state index contributed by atoms with van der Waals surface area (Å²) in [6.45, 7) is 1.75. The summed E-state index contributed by atoms with van der Waals surface area (Å²) in [7, 11) is 1.48. The van der Waals surface area contributed by atoms with Crippen LogP contribution < -0.4 is 15.8 Å². The molecule has 0 saturated carbocycles. The van der Waals surface area contributed by atoms with Gasteiger partial charge < -0.3 is 15.8 Å². The molecule has 4 nitrogen and oxygen atoms in total. The van der Waals surface area contributed by atoms with Gasteiger partial charge in [0.15, 0.2) is 0 Å². The number of nitrogens with one attached hydrogen (secondary N) is 1. The highest BCUT2D eigenvalue weighted by atomic mass is 19.1. The topological polar surface area (TPSA) is 64.3 Å². The minimum atomic E-state index is -0.393. The van der Waals surface area contributed by atoms with E-state index in [2.05, 4.69) is 5.32 Å². The summed E-state index contributed by atoms with van der Waals surface area (Å²) in [6, 6.07) is 9.05. The molecule has 0 saturated heterocycles. The Hall–Kier alpha value is -2.56. The fourth-order valence-electron chi connectivity index (χ4n) is 1.86. The summed E-state index contributed by atoms with van der Waals surface area (Å²) in [5.41, 5.74) is 7.66. The van der Waals surface area contributed by atoms with Crippen LogP contribution in [0.2, 0.25) is 0 Å². The highest BCUT2D eigenvalue weighted by Gasteiger charge is 2.10. The lowest BCUT2D eigenvalue weighted by molar-refractivity contribution is 0.102. The van der Waals surface area contributed by atoms with Crippen molar-refractivity contribution in [3.8, 4) is 5.75 Å². The number of ether oxygens (including phenoxy) is 1. The Morgan fingerprint density at radius 3 is 2.65 bits per heavy atom. The number of hydrogen-bond donors (Lipinski definition) is 2. The fraction of sp³-hybridized carbons (Fsp3) is 0.133. The molecule has 104 valence electrons. The van der Waals surface area contributed by atoms with Crippen LogP contribution in [0, 0.1) is 12.7 Å². The number of aryl methyl sites for hydroxylation is 1. The number of carbonyl (C=O) groups excluding carboxylic acids is 1. The van der Waals surface area contributed by atoms with Gasteiger partial charge in [0.1, 0.15) is 11.6 Å². The number of hydrogen-bond acceptors (Lipinski definition) is 3. The van der Waals surface area contributed by atoms with E-state index >= 15 is 0 Å². The van der Waals surface area contributed by atoms with E-state index in [1.165, 1.54) is 25.3 Å². The summed E-state index contributed by atoms with van der Waals surface area (Å²) >= 11 is 0. The number of rotatable bonds is 3. The van der Waals surface area contributed by atoms with Crippen molar-refractivity contribution in [2.24, 2.45) is 0 Å². The summed E-state index contributed by atoms with van der Waals surface area (Å²) in [5, 5.41) is 2.64.